The minimum Gasteiger partial charge on any atom is -0.497 e. The van der Waals surface area contributed by atoms with Crippen LogP contribution < -0.4 is 15.2 Å². The van der Waals surface area contributed by atoms with Gasteiger partial charge in [-0.25, -0.2) is 0 Å². The third-order valence-electron chi connectivity index (χ3n) is 2.72. The molecule has 0 aliphatic carbocycles. The Bertz CT molecular complexity index is 500. The monoisotopic (exact) mass is 249 g/mol. The normalized spacial score (nSPS) is 12.2. The Morgan fingerprint density at radius 3 is 2.72 bits per heavy atom. The number of nitrogens with two attached hydrogens (primary N) is 1. The van der Waals surface area contributed by atoms with E-state index in [1.165, 1.54) is 0 Å². The first kappa shape index (κ1) is 12.3. The lowest BCUT2D eigenvalue weighted by atomic mass is 9.97. The Morgan fingerprint density at radius 2 is 2.17 bits per heavy atom. The van der Waals surface area contributed by atoms with Gasteiger partial charge in [-0.3, -0.25) is 0 Å². The lowest BCUT2D eigenvalue weighted by Crippen LogP contribution is -2.16. The molecule has 0 saturated heterocycles. The van der Waals surface area contributed by atoms with Crippen molar-refractivity contribution in [3.63, 3.8) is 0 Å². The molecule has 1 aromatic heterocycles. The molecule has 0 fully saturated rings. The molecule has 1 heterocycles. The highest BCUT2D eigenvalue weighted by atomic mass is 16.5. The van der Waals surface area contributed by atoms with Gasteiger partial charge in [-0.05, 0) is 18.2 Å². The van der Waals surface area contributed by atoms with E-state index in [1.807, 2.05) is 18.2 Å². The van der Waals surface area contributed by atoms with Crippen LogP contribution in [0.15, 0.2) is 18.2 Å². The molecule has 0 aliphatic heterocycles. The molecule has 1 aromatic carbocycles. The summed E-state index contributed by atoms with van der Waals surface area (Å²) in [6, 6.07) is 5.52. The summed E-state index contributed by atoms with van der Waals surface area (Å²) in [6.45, 7) is 0.350. The van der Waals surface area contributed by atoms with Crippen LogP contribution in [0.3, 0.4) is 0 Å². The second kappa shape index (κ2) is 5.46. The van der Waals surface area contributed by atoms with Gasteiger partial charge in [0.05, 0.1) is 20.1 Å². The van der Waals surface area contributed by atoms with Crippen molar-refractivity contribution in [2.45, 2.75) is 5.92 Å². The van der Waals surface area contributed by atoms with Crippen LogP contribution in [-0.2, 0) is 0 Å². The molecule has 0 aliphatic rings. The number of benzene rings is 1. The summed E-state index contributed by atoms with van der Waals surface area (Å²) in [4.78, 5) is 0. The molecule has 1 unspecified atom stereocenters. The Hall–Kier alpha value is -2.15. The van der Waals surface area contributed by atoms with Gasteiger partial charge in [0.2, 0.25) is 0 Å². The SMILES string of the molecule is COc1ccc(OC)c(C(CN)c2nn[nH]n2)c1. The summed E-state index contributed by atoms with van der Waals surface area (Å²) in [6.07, 6.45) is 0. The molecule has 2 rings (SSSR count). The molecule has 1 atom stereocenters. The number of ether oxygens (including phenoxy) is 2. The predicted molar refractivity (Wildman–Crippen MR) is 64.6 cm³/mol. The van der Waals surface area contributed by atoms with Crippen LogP contribution in [-0.4, -0.2) is 41.4 Å². The first-order valence-electron chi connectivity index (χ1n) is 5.45. The first-order valence-corrected chi connectivity index (χ1v) is 5.45. The highest BCUT2D eigenvalue weighted by Gasteiger charge is 2.21. The zero-order valence-corrected chi connectivity index (χ0v) is 10.3. The highest BCUT2D eigenvalue weighted by molar-refractivity contribution is 5.44. The maximum Gasteiger partial charge on any atom is 0.183 e. The second-order valence-electron chi connectivity index (χ2n) is 3.67. The van der Waals surface area contributed by atoms with E-state index in [4.69, 9.17) is 15.2 Å². The average Bonchev–Trinajstić information content (AvgIpc) is 2.93. The quantitative estimate of drug-likeness (QED) is 0.791. The molecule has 0 bridgehead atoms. The van der Waals surface area contributed by atoms with Crippen molar-refractivity contribution >= 4 is 0 Å². The molecule has 0 amide bonds. The maximum atomic E-state index is 5.79. The van der Waals surface area contributed by atoms with Crippen molar-refractivity contribution in [1.82, 2.24) is 20.6 Å². The molecule has 96 valence electrons. The molecular weight excluding hydrogens is 234 g/mol. The number of nitrogens with one attached hydrogen (secondary N) is 1. The summed E-state index contributed by atoms with van der Waals surface area (Å²) >= 11 is 0. The third-order valence-corrected chi connectivity index (χ3v) is 2.72. The molecule has 0 saturated carbocycles. The van der Waals surface area contributed by atoms with E-state index >= 15 is 0 Å². The topological polar surface area (TPSA) is 98.9 Å². The number of rotatable bonds is 5. The van der Waals surface area contributed by atoms with Gasteiger partial charge in [0.25, 0.3) is 0 Å². The van der Waals surface area contributed by atoms with Gasteiger partial charge in [0, 0.05) is 12.1 Å². The van der Waals surface area contributed by atoms with E-state index in [0.29, 0.717) is 12.4 Å². The number of methoxy groups -OCH3 is 2. The Kier molecular flexibility index (Phi) is 3.73. The smallest absolute Gasteiger partial charge is 0.183 e. The summed E-state index contributed by atoms with van der Waals surface area (Å²) in [5, 5.41) is 13.9. The van der Waals surface area contributed by atoms with Gasteiger partial charge >= 0.3 is 0 Å². The van der Waals surface area contributed by atoms with Crippen molar-refractivity contribution in [1.29, 1.82) is 0 Å². The molecule has 3 N–H and O–H groups in total. The van der Waals surface area contributed by atoms with Crippen molar-refractivity contribution in [3.8, 4) is 11.5 Å². The summed E-state index contributed by atoms with van der Waals surface area (Å²) in [5.41, 5.74) is 6.67. The number of nitrogens with zero attached hydrogens (tertiary/aromatic N) is 3. The third kappa shape index (κ3) is 2.25. The zero-order valence-electron chi connectivity index (χ0n) is 10.3. The summed E-state index contributed by atoms with van der Waals surface area (Å²) in [7, 11) is 3.21. The molecule has 0 spiro atoms. The van der Waals surface area contributed by atoms with Gasteiger partial charge in [0.15, 0.2) is 5.82 Å². The van der Waals surface area contributed by atoms with E-state index in [1.54, 1.807) is 14.2 Å². The number of hydrogen-bond acceptors (Lipinski definition) is 6. The van der Waals surface area contributed by atoms with Crippen LogP contribution in [0.5, 0.6) is 11.5 Å². The lowest BCUT2D eigenvalue weighted by molar-refractivity contribution is 0.396. The molecule has 7 nitrogen and oxygen atoms in total. The van der Waals surface area contributed by atoms with Crippen LogP contribution in [0.2, 0.25) is 0 Å². The highest BCUT2D eigenvalue weighted by Crippen LogP contribution is 2.32. The molecule has 0 radical (unpaired) electrons. The number of hydrogen-bond donors (Lipinski definition) is 2. The fraction of sp³-hybridized carbons (Fsp3) is 0.364. The van der Waals surface area contributed by atoms with E-state index in [2.05, 4.69) is 20.6 Å². The fourth-order valence-electron chi connectivity index (χ4n) is 1.80. The van der Waals surface area contributed by atoms with Gasteiger partial charge in [-0.15, -0.1) is 10.2 Å². The lowest BCUT2D eigenvalue weighted by Gasteiger charge is -2.16. The van der Waals surface area contributed by atoms with Gasteiger partial charge in [-0.2, -0.15) is 5.21 Å². The van der Waals surface area contributed by atoms with E-state index in [-0.39, 0.29) is 5.92 Å². The van der Waals surface area contributed by atoms with Crippen LogP contribution >= 0.6 is 0 Å². The van der Waals surface area contributed by atoms with Crippen LogP contribution in [0.25, 0.3) is 0 Å². The van der Waals surface area contributed by atoms with Gasteiger partial charge < -0.3 is 15.2 Å². The van der Waals surface area contributed by atoms with Gasteiger partial charge in [-0.1, -0.05) is 5.21 Å². The van der Waals surface area contributed by atoms with Crippen LogP contribution in [0.4, 0.5) is 0 Å². The van der Waals surface area contributed by atoms with E-state index in [0.717, 1.165) is 17.1 Å². The van der Waals surface area contributed by atoms with E-state index < -0.39 is 0 Å². The summed E-state index contributed by atoms with van der Waals surface area (Å²) in [5.74, 6) is 1.79. The minimum absolute atomic E-state index is 0.186. The molecule has 18 heavy (non-hydrogen) atoms. The second-order valence-corrected chi connectivity index (χ2v) is 3.67. The largest absolute Gasteiger partial charge is 0.497 e. The number of H-pyrrole nitrogens is 1. The molecule has 7 heteroatoms. The van der Waals surface area contributed by atoms with Gasteiger partial charge in [0.1, 0.15) is 11.5 Å². The summed E-state index contributed by atoms with van der Waals surface area (Å²) < 4.78 is 10.5. The van der Waals surface area contributed by atoms with Crippen molar-refractivity contribution in [3.05, 3.63) is 29.6 Å². The number of aromatic nitrogens is 4. The Labute approximate surface area is 104 Å². The van der Waals surface area contributed by atoms with Crippen molar-refractivity contribution < 1.29 is 9.47 Å². The Balaban J connectivity index is 2.46. The standard InChI is InChI=1S/C11H15N5O2/c1-17-7-3-4-10(18-2)8(5-7)9(6-12)11-13-15-16-14-11/h3-5,9H,6,12H2,1-2H3,(H,13,14,15,16). The Morgan fingerprint density at radius 1 is 1.33 bits per heavy atom. The predicted octanol–water partition coefficient (Wildman–Crippen LogP) is 0.307. The number of tetrazole rings is 1. The maximum absolute atomic E-state index is 5.79. The van der Waals surface area contributed by atoms with Crippen molar-refractivity contribution in [2.75, 3.05) is 20.8 Å². The number of aromatic amines is 1. The molecular formula is C11H15N5O2. The van der Waals surface area contributed by atoms with Crippen LogP contribution in [0.1, 0.15) is 17.3 Å². The van der Waals surface area contributed by atoms with E-state index in [9.17, 15) is 0 Å². The average molecular weight is 249 g/mol. The molecule has 2 aromatic rings. The fourth-order valence-corrected chi connectivity index (χ4v) is 1.80. The minimum atomic E-state index is -0.186. The zero-order chi connectivity index (χ0) is 13.0. The van der Waals surface area contributed by atoms with Crippen molar-refractivity contribution in [2.24, 2.45) is 5.73 Å². The first-order chi connectivity index (χ1) is 8.80. The van der Waals surface area contributed by atoms with Crippen LogP contribution in [0, 0.1) is 0 Å².